The summed E-state index contributed by atoms with van der Waals surface area (Å²) in [6.45, 7) is 9.12. The van der Waals surface area contributed by atoms with Crippen LogP contribution in [0, 0.1) is 6.92 Å². The predicted molar refractivity (Wildman–Crippen MR) is 114 cm³/mol. The first-order chi connectivity index (χ1) is 13.5. The van der Waals surface area contributed by atoms with E-state index in [0.717, 1.165) is 17.9 Å². The van der Waals surface area contributed by atoms with E-state index in [1.165, 1.54) is 11.1 Å². The van der Waals surface area contributed by atoms with E-state index in [9.17, 15) is 4.79 Å². The smallest absolute Gasteiger partial charge is 0.258 e. The molecule has 0 atom stereocenters. The maximum absolute atomic E-state index is 12.5. The average Bonchev–Trinajstić information content (AvgIpc) is 2.69. The molecule has 0 spiro atoms. The molecule has 3 aromatic rings. The van der Waals surface area contributed by atoms with Crippen molar-refractivity contribution >= 4 is 23.2 Å². The van der Waals surface area contributed by atoms with Gasteiger partial charge in [0.2, 0.25) is 5.95 Å². The van der Waals surface area contributed by atoms with E-state index in [2.05, 4.69) is 48.2 Å². The zero-order valence-corrected chi connectivity index (χ0v) is 16.8. The first kappa shape index (κ1) is 19.5. The predicted octanol–water partition coefficient (Wildman–Crippen LogP) is 5.32. The summed E-state index contributed by atoms with van der Waals surface area (Å²) in [7, 11) is 0. The Kier molecular flexibility index (Phi) is 6.04. The Balaban J connectivity index is 1.73. The average molecular weight is 374 g/mol. The third-order valence-electron chi connectivity index (χ3n) is 4.61. The zero-order valence-electron chi connectivity index (χ0n) is 16.8. The number of carbonyl (C=O) groups is 1. The van der Waals surface area contributed by atoms with Gasteiger partial charge in [-0.25, -0.2) is 9.97 Å². The van der Waals surface area contributed by atoms with Gasteiger partial charge in [0, 0.05) is 30.3 Å². The molecule has 0 aliphatic carbocycles. The lowest BCUT2D eigenvalue weighted by Crippen LogP contribution is -2.20. The summed E-state index contributed by atoms with van der Waals surface area (Å²) in [5.41, 5.74) is 4.63. The fraction of sp³-hybridized carbons (Fsp3) is 0.261. The number of anilines is 3. The number of benzene rings is 2. The Labute approximate surface area is 166 Å². The summed E-state index contributed by atoms with van der Waals surface area (Å²) < 4.78 is 0. The number of aromatic nitrogens is 2. The van der Waals surface area contributed by atoms with Crippen molar-refractivity contribution in [2.45, 2.75) is 33.6 Å². The van der Waals surface area contributed by atoms with Gasteiger partial charge in [0.25, 0.3) is 5.91 Å². The van der Waals surface area contributed by atoms with Crippen LogP contribution in [-0.4, -0.2) is 22.4 Å². The highest BCUT2D eigenvalue weighted by molar-refractivity contribution is 6.03. The highest BCUT2D eigenvalue weighted by Crippen LogP contribution is 2.22. The minimum atomic E-state index is -0.220. The summed E-state index contributed by atoms with van der Waals surface area (Å²) in [5.74, 6) is 0.814. The number of rotatable bonds is 6. The molecule has 28 heavy (non-hydrogen) atoms. The van der Waals surface area contributed by atoms with Gasteiger partial charge in [-0.3, -0.25) is 4.79 Å². The van der Waals surface area contributed by atoms with Gasteiger partial charge in [0.1, 0.15) is 0 Å². The molecule has 1 heterocycles. The quantitative estimate of drug-likeness (QED) is 0.634. The Morgan fingerprint density at radius 1 is 1.07 bits per heavy atom. The molecule has 144 valence electrons. The molecule has 2 aromatic carbocycles. The molecule has 0 saturated carbocycles. The standard InChI is InChI=1S/C23H26N4O/c1-5-27(21-8-6-7-17(4)13-21)23-24-14-19(15-25-23)22(28)26-20-11-9-18(10-12-20)16(2)3/h6-16H,5H2,1-4H3,(H,26,28). The molecule has 0 fully saturated rings. The number of nitrogens with one attached hydrogen (secondary N) is 1. The summed E-state index contributed by atoms with van der Waals surface area (Å²) in [6.07, 6.45) is 3.14. The Hall–Kier alpha value is -3.21. The van der Waals surface area contributed by atoms with E-state index >= 15 is 0 Å². The normalized spacial score (nSPS) is 10.8. The molecular weight excluding hydrogens is 348 g/mol. The number of hydrogen-bond acceptors (Lipinski definition) is 4. The number of hydrogen-bond donors (Lipinski definition) is 1. The highest BCUT2D eigenvalue weighted by Gasteiger charge is 2.13. The minimum absolute atomic E-state index is 0.220. The van der Waals surface area contributed by atoms with Crippen LogP contribution in [0.3, 0.4) is 0 Å². The van der Waals surface area contributed by atoms with Gasteiger partial charge < -0.3 is 10.2 Å². The largest absolute Gasteiger partial charge is 0.322 e. The molecule has 0 aliphatic heterocycles. The molecule has 0 bridgehead atoms. The van der Waals surface area contributed by atoms with Crippen molar-refractivity contribution < 1.29 is 4.79 Å². The van der Waals surface area contributed by atoms with Gasteiger partial charge in [0.05, 0.1) is 5.56 Å². The minimum Gasteiger partial charge on any atom is -0.322 e. The molecule has 5 heteroatoms. The lowest BCUT2D eigenvalue weighted by Gasteiger charge is -2.21. The molecule has 3 rings (SSSR count). The number of aryl methyl sites for hydroxylation is 1. The van der Waals surface area contributed by atoms with Crippen molar-refractivity contribution in [1.82, 2.24) is 9.97 Å². The second kappa shape index (κ2) is 8.65. The number of amides is 1. The molecule has 0 radical (unpaired) electrons. The van der Waals surface area contributed by atoms with Crippen molar-refractivity contribution in [3.63, 3.8) is 0 Å². The molecule has 0 unspecified atom stereocenters. The first-order valence-corrected chi connectivity index (χ1v) is 9.55. The van der Waals surface area contributed by atoms with Crippen LogP contribution >= 0.6 is 0 Å². The van der Waals surface area contributed by atoms with Gasteiger partial charge in [-0.15, -0.1) is 0 Å². The van der Waals surface area contributed by atoms with Crippen LogP contribution in [0.5, 0.6) is 0 Å². The molecule has 0 aliphatic rings. The summed E-state index contributed by atoms with van der Waals surface area (Å²) in [4.78, 5) is 23.3. The second-order valence-electron chi connectivity index (χ2n) is 7.09. The van der Waals surface area contributed by atoms with Crippen molar-refractivity contribution in [3.8, 4) is 0 Å². The molecule has 1 N–H and O–H groups in total. The zero-order chi connectivity index (χ0) is 20.1. The van der Waals surface area contributed by atoms with E-state index in [0.29, 0.717) is 17.4 Å². The van der Waals surface area contributed by atoms with E-state index in [-0.39, 0.29) is 5.91 Å². The van der Waals surface area contributed by atoms with Crippen LogP contribution in [0.25, 0.3) is 0 Å². The van der Waals surface area contributed by atoms with Crippen molar-refractivity contribution in [2.75, 3.05) is 16.8 Å². The molecule has 0 saturated heterocycles. The van der Waals surface area contributed by atoms with Gasteiger partial charge >= 0.3 is 0 Å². The third-order valence-corrected chi connectivity index (χ3v) is 4.61. The lowest BCUT2D eigenvalue weighted by atomic mass is 10.0. The van der Waals surface area contributed by atoms with Crippen LogP contribution in [-0.2, 0) is 0 Å². The molecule has 1 aromatic heterocycles. The molecular formula is C23H26N4O. The Morgan fingerprint density at radius 3 is 2.32 bits per heavy atom. The third kappa shape index (κ3) is 4.55. The van der Waals surface area contributed by atoms with Crippen LogP contribution in [0.1, 0.15) is 48.2 Å². The number of carbonyl (C=O) groups excluding carboxylic acids is 1. The van der Waals surface area contributed by atoms with Gasteiger partial charge in [-0.2, -0.15) is 0 Å². The molecule has 5 nitrogen and oxygen atoms in total. The lowest BCUT2D eigenvalue weighted by molar-refractivity contribution is 0.102. The van der Waals surface area contributed by atoms with Crippen molar-refractivity contribution in [3.05, 3.63) is 77.6 Å². The Bertz CT molecular complexity index is 934. The van der Waals surface area contributed by atoms with Crippen LogP contribution in [0.15, 0.2) is 60.9 Å². The highest BCUT2D eigenvalue weighted by atomic mass is 16.1. The van der Waals surface area contributed by atoms with E-state index in [1.807, 2.05) is 48.2 Å². The SMILES string of the molecule is CCN(c1cccc(C)c1)c1ncc(C(=O)Nc2ccc(C(C)C)cc2)cn1. The fourth-order valence-electron chi connectivity index (χ4n) is 2.97. The summed E-state index contributed by atoms with van der Waals surface area (Å²) in [5, 5.41) is 2.89. The van der Waals surface area contributed by atoms with Crippen LogP contribution in [0.4, 0.5) is 17.3 Å². The fourth-order valence-corrected chi connectivity index (χ4v) is 2.97. The first-order valence-electron chi connectivity index (χ1n) is 9.55. The van der Waals surface area contributed by atoms with E-state index in [4.69, 9.17) is 0 Å². The van der Waals surface area contributed by atoms with E-state index < -0.39 is 0 Å². The monoisotopic (exact) mass is 374 g/mol. The summed E-state index contributed by atoms with van der Waals surface area (Å²) >= 11 is 0. The topological polar surface area (TPSA) is 58.1 Å². The van der Waals surface area contributed by atoms with Gasteiger partial charge in [0.15, 0.2) is 0 Å². The van der Waals surface area contributed by atoms with Crippen molar-refractivity contribution in [1.29, 1.82) is 0 Å². The van der Waals surface area contributed by atoms with E-state index in [1.54, 1.807) is 12.4 Å². The van der Waals surface area contributed by atoms with Crippen LogP contribution in [0.2, 0.25) is 0 Å². The summed E-state index contributed by atoms with van der Waals surface area (Å²) in [6, 6.07) is 16.1. The maximum atomic E-state index is 12.5. The van der Waals surface area contributed by atoms with Crippen LogP contribution < -0.4 is 10.2 Å². The van der Waals surface area contributed by atoms with Gasteiger partial charge in [-0.05, 0) is 55.2 Å². The van der Waals surface area contributed by atoms with Crippen molar-refractivity contribution in [2.24, 2.45) is 0 Å². The maximum Gasteiger partial charge on any atom is 0.258 e. The number of nitrogens with zero attached hydrogens (tertiary/aromatic N) is 3. The Morgan fingerprint density at radius 2 is 1.75 bits per heavy atom. The van der Waals surface area contributed by atoms with Gasteiger partial charge in [-0.1, -0.05) is 38.1 Å². The molecule has 1 amide bonds. The second-order valence-corrected chi connectivity index (χ2v) is 7.09.